The minimum atomic E-state index is 0.883. The highest BCUT2D eigenvalue weighted by Gasteiger charge is 2.13. The lowest BCUT2D eigenvalue weighted by Gasteiger charge is -2.05. The molecule has 0 radical (unpaired) electrons. The fraction of sp³-hybridized carbons (Fsp3) is 0.250. The maximum atomic E-state index is 4.61. The summed E-state index contributed by atoms with van der Waals surface area (Å²) in [5.74, 6) is 0. The Balaban J connectivity index is 1.98. The van der Waals surface area contributed by atoms with Gasteiger partial charge in [0.05, 0.1) is 23.3 Å². The lowest BCUT2D eigenvalue weighted by molar-refractivity contribution is 0.846. The van der Waals surface area contributed by atoms with E-state index in [-0.39, 0.29) is 0 Å². The zero-order valence-electron chi connectivity index (χ0n) is 12.4. The summed E-state index contributed by atoms with van der Waals surface area (Å²) in [4.78, 5) is 4.61. The Morgan fingerprint density at radius 2 is 2.14 bits per heavy atom. The average Bonchev–Trinajstić information content (AvgIpc) is 3.06. The standard InChI is InChI=1S/C16H18N4S/c1-4-17-16-19-15(10-21-16)14-9-18-20(12(14)3)13-7-5-6-11(2)8-13/h5-10H,4H2,1-3H3,(H,17,19). The Labute approximate surface area is 128 Å². The molecule has 1 N–H and O–H groups in total. The van der Waals surface area contributed by atoms with Crippen molar-refractivity contribution in [2.45, 2.75) is 20.8 Å². The molecule has 0 aliphatic rings. The van der Waals surface area contributed by atoms with Crippen LogP contribution in [0.4, 0.5) is 5.13 Å². The van der Waals surface area contributed by atoms with E-state index in [9.17, 15) is 0 Å². The topological polar surface area (TPSA) is 42.7 Å². The lowest BCUT2D eigenvalue weighted by atomic mass is 10.2. The molecule has 0 atom stereocenters. The summed E-state index contributed by atoms with van der Waals surface area (Å²) in [6.07, 6.45) is 1.89. The third-order valence-electron chi connectivity index (χ3n) is 3.36. The van der Waals surface area contributed by atoms with Crippen LogP contribution < -0.4 is 5.32 Å². The van der Waals surface area contributed by atoms with Crippen molar-refractivity contribution in [3.05, 3.63) is 47.1 Å². The third kappa shape index (κ3) is 2.69. The van der Waals surface area contributed by atoms with Crippen molar-refractivity contribution in [2.75, 3.05) is 11.9 Å². The van der Waals surface area contributed by atoms with Crippen LogP contribution in [0.1, 0.15) is 18.2 Å². The molecule has 0 amide bonds. The Bertz CT molecular complexity index is 757. The third-order valence-corrected chi connectivity index (χ3v) is 4.16. The average molecular weight is 298 g/mol. The fourth-order valence-electron chi connectivity index (χ4n) is 2.31. The number of hydrogen-bond donors (Lipinski definition) is 1. The number of rotatable bonds is 4. The molecular weight excluding hydrogens is 280 g/mol. The summed E-state index contributed by atoms with van der Waals surface area (Å²) in [6, 6.07) is 8.35. The van der Waals surface area contributed by atoms with Gasteiger partial charge >= 0.3 is 0 Å². The van der Waals surface area contributed by atoms with E-state index in [1.165, 1.54) is 5.56 Å². The van der Waals surface area contributed by atoms with Crippen molar-refractivity contribution in [3.63, 3.8) is 0 Å². The van der Waals surface area contributed by atoms with Crippen molar-refractivity contribution in [1.29, 1.82) is 0 Å². The molecule has 0 unspecified atom stereocenters. The second kappa shape index (κ2) is 5.69. The number of aryl methyl sites for hydroxylation is 1. The first kappa shape index (κ1) is 13.8. The second-order valence-corrected chi connectivity index (χ2v) is 5.82. The zero-order chi connectivity index (χ0) is 14.8. The van der Waals surface area contributed by atoms with Crippen molar-refractivity contribution >= 4 is 16.5 Å². The predicted octanol–water partition coefficient (Wildman–Crippen LogP) is 4.04. The molecule has 3 aromatic rings. The van der Waals surface area contributed by atoms with Gasteiger partial charge in [0.2, 0.25) is 0 Å². The molecule has 2 aromatic heterocycles. The van der Waals surface area contributed by atoms with Gasteiger partial charge in [-0.1, -0.05) is 12.1 Å². The van der Waals surface area contributed by atoms with Crippen LogP contribution in [0.15, 0.2) is 35.8 Å². The molecule has 0 spiro atoms. The molecule has 0 saturated carbocycles. The molecule has 2 heterocycles. The number of hydrogen-bond acceptors (Lipinski definition) is 4. The maximum Gasteiger partial charge on any atom is 0.183 e. The molecule has 4 nitrogen and oxygen atoms in total. The lowest BCUT2D eigenvalue weighted by Crippen LogP contribution is -1.99. The number of benzene rings is 1. The SMILES string of the molecule is CCNc1nc(-c2cnn(-c3cccc(C)c3)c2C)cs1. The number of nitrogens with zero attached hydrogens (tertiary/aromatic N) is 3. The molecule has 108 valence electrons. The first-order valence-corrected chi connectivity index (χ1v) is 7.88. The summed E-state index contributed by atoms with van der Waals surface area (Å²) in [6.45, 7) is 7.12. The molecule has 21 heavy (non-hydrogen) atoms. The molecule has 5 heteroatoms. The molecule has 0 bridgehead atoms. The minimum Gasteiger partial charge on any atom is -0.362 e. The zero-order valence-corrected chi connectivity index (χ0v) is 13.2. The van der Waals surface area contributed by atoms with E-state index >= 15 is 0 Å². The largest absolute Gasteiger partial charge is 0.362 e. The van der Waals surface area contributed by atoms with Gasteiger partial charge in [-0.05, 0) is 38.5 Å². The van der Waals surface area contributed by atoms with E-state index in [0.717, 1.165) is 34.3 Å². The Morgan fingerprint density at radius 3 is 2.90 bits per heavy atom. The Kier molecular flexibility index (Phi) is 3.75. The normalized spacial score (nSPS) is 10.8. The summed E-state index contributed by atoms with van der Waals surface area (Å²) in [7, 11) is 0. The van der Waals surface area contributed by atoms with Crippen molar-refractivity contribution in [1.82, 2.24) is 14.8 Å². The quantitative estimate of drug-likeness (QED) is 0.790. The van der Waals surface area contributed by atoms with Crippen LogP contribution in [-0.4, -0.2) is 21.3 Å². The highest BCUT2D eigenvalue weighted by Crippen LogP contribution is 2.28. The molecule has 0 aliphatic carbocycles. The molecule has 0 fully saturated rings. The van der Waals surface area contributed by atoms with Crippen LogP contribution in [-0.2, 0) is 0 Å². The minimum absolute atomic E-state index is 0.883. The van der Waals surface area contributed by atoms with Gasteiger partial charge in [0.15, 0.2) is 5.13 Å². The Morgan fingerprint density at radius 1 is 1.29 bits per heavy atom. The van der Waals surface area contributed by atoms with Crippen LogP contribution in [0.3, 0.4) is 0 Å². The monoisotopic (exact) mass is 298 g/mol. The van der Waals surface area contributed by atoms with Gasteiger partial charge in [-0.15, -0.1) is 11.3 Å². The van der Waals surface area contributed by atoms with Gasteiger partial charge in [0.1, 0.15) is 0 Å². The maximum absolute atomic E-state index is 4.61. The van der Waals surface area contributed by atoms with Gasteiger partial charge in [0.25, 0.3) is 0 Å². The van der Waals surface area contributed by atoms with Crippen molar-refractivity contribution in [3.8, 4) is 16.9 Å². The van der Waals surface area contributed by atoms with Crippen molar-refractivity contribution in [2.24, 2.45) is 0 Å². The van der Waals surface area contributed by atoms with Crippen LogP contribution in [0, 0.1) is 13.8 Å². The molecule has 3 rings (SSSR count). The highest BCUT2D eigenvalue weighted by atomic mass is 32.1. The summed E-state index contributed by atoms with van der Waals surface area (Å²) >= 11 is 1.63. The Hall–Kier alpha value is -2.14. The summed E-state index contributed by atoms with van der Waals surface area (Å²) < 4.78 is 1.97. The summed E-state index contributed by atoms with van der Waals surface area (Å²) in [5.41, 5.74) is 5.48. The highest BCUT2D eigenvalue weighted by molar-refractivity contribution is 7.14. The van der Waals surface area contributed by atoms with E-state index in [1.54, 1.807) is 11.3 Å². The second-order valence-electron chi connectivity index (χ2n) is 4.96. The number of aromatic nitrogens is 3. The number of anilines is 1. The summed E-state index contributed by atoms with van der Waals surface area (Å²) in [5, 5.41) is 10.8. The number of thiazole rings is 1. The number of nitrogens with one attached hydrogen (secondary N) is 1. The molecular formula is C16H18N4S. The van der Waals surface area contributed by atoms with E-state index in [2.05, 4.69) is 65.8 Å². The van der Waals surface area contributed by atoms with Crippen molar-refractivity contribution < 1.29 is 0 Å². The smallest absolute Gasteiger partial charge is 0.183 e. The van der Waals surface area contributed by atoms with Crippen LogP contribution >= 0.6 is 11.3 Å². The van der Waals surface area contributed by atoms with Gasteiger partial charge in [-0.2, -0.15) is 5.10 Å². The first-order valence-electron chi connectivity index (χ1n) is 7.00. The molecule has 0 aliphatic heterocycles. The van der Waals surface area contributed by atoms with E-state index < -0.39 is 0 Å². The van der Waals surface area contributed by atoms with E-state index in [0.29, 0.717) is 0 Å². The van der Waals surface area contributed by atoms with Crippen LogP contribution in [0.25, 0.3) is 16.9 Å². The van der Waals surface area contributed by atoms with Gasteiger partial charge in [0, 0.05) is 17.5 Å². The first-order chi connectivity index (χ1) is 10.2. The van der Waals surface area contributed by atoms with E-state index in [4.69, 9.17) is 0 Å². The molecule has 1 aromatic carbocycles. The molecule has 0 saturated heterocycles. The van der Waals surface area contributed by atoms with E-state index in [1.807, 2.05) is 10.9 Å². The van der Waals surface area contributed by atoms with Gasteiger partial charge in [-0.3, -0.25) is 0 Å². The van der Waals surface area contributed by atoms with Gasteiger partial charge < -0.3 is 5.32 Å². The predicted molar refractivity (Wildman–Crippen MR) is 88.3 cm³/mol. The van der Waals surface area contributed by atoms with Crippen LogP contribution in [0.5, 0.6) is 0 Å². The van der Waals surface area contributed by atoms with Gasteiger partial charge in [-0.25, -0.2) is 9.67 Å². The fourth-order valence-corrected chi connectivity index (χ4v) is 3.09. The van der Waals surface area contributed by atoms with Crippen LogP contribution in [0.2, 0.25) is 0 Å².